The van der Waals surface area contributed by atoms with E-state index in [0.717, 1.165) is 6.29 Å². The quantitative estimate of drug-likeness (QED) is 0.324. The molecule has 0 heterocycles. The molecule has 0 fully saturated rings. The van der Waals surface area contributed by atoms with Crippen LogP contribution >= 0.6 is 0 Å². The molecule has 0 bridgehead atoms. The van der Waals surface area contributed by atoms with Crippen LogP contribution in [-0.4, -0.2) is 30.2 Å². The van der Waals surface area contributed by atoms with Gasteiger partial charge in [-0.3, -0.25) is 0 Å². The molecule has 0 radical (unpaired) electrons. The Balaban J connectivity index is 0. The molecule has 0 aromatic rings. The Bertz CT molecular complexity index is 83.0. The summed E-state index contributed by atoms with van der Waals surface area (Å²) in [6, 6.07) is 0. The van der Waals surface area contributed by atoms with Gasteiger partial charge in [0, 0.05) is 6.54 Å². The van der Waals surface area contributed by atoms with Crippen molar-refractivity contribution in [1.29, 1.82) is 0 Å². The molecule has 9 heavy (non-hydrogen) atoms. The fourth-order valence-corrected chi connectivity index (χ4v) is 0.203. The maximum Gasteiger partial charge on any atom is 1.00 e. The van der Waals surface area contributed by atoms with Crippen LogP contribution in [0.25, 0.3) is 0 Å². The zero-order valence-electron chi connectivity index (χ0n) is 5.17. The number of aliphatic hydroxyl groups excluding tert-OH is 1. The molecule has 3 nitrogen and oxygen atoms in total. The average Bonchev–Trinajstić information content (AvgIpc) is 1.84. The number of alkyl halides is 1. The van der Waals surface area contributed by atoms with Gasteiger partial charge in [-0.2, -0.15) is 0 Å². The van der Waals surface area contributed by atoms with Crippen LogP contribution in [0.3, 0.4) is 0 Å². The summed E-state index contributed by atoms with van der Waals surface area (Å²) in [6.07, 6.45) is -2.29. The summed E-state index contributed by atoms with van der Waals surface area (Å²) in [5.74, 6) is 0. The number of nitrogens with two attached hydrogens (primary N) is 1. The van der Waals surface area contributed by atoms with Crippen molar-refractivity contribution in [3.05, 3.63) is 0 Å². The number of halogens is 1. The Kier molecular flexibility index (Phi) is 10.3. The predicted molar refractivity (Wildman–Crippen MR) is 25.7 cm³/mol. The van der Waals surface area contributed by atoms with Crippen LogP contribution in [0, 0.1) is 0 Å². The Morgan fingerprint density at radius 3 is 2.33 bits per heavy atom. The second-order valence-corrected chi connectivity index (χ2v) is 1.31. The number of hydrogen-bond donors (Lipinski definition) is 2. The maximum atomic E-state index is 11.9. The molecule has 0 aromatic heterocycles. The monoisotopic (exact) mass is 159 g/mol. The van der Waals surface area contributed by atoms with Gasteiger partial charge in [0.2, 0.25) is 0 Å². The van der Waals surface area contributed by atoms with Gasteiger partial charge >= 0.3 is 51.4 Å². The van der Waals surface area contributed by atoms with Gasteiger partial charge in [0.1, 0.15) is 6.17 Å². The van der Waals surface area contributed by atoms with Crippen molar-refractivity contribution in [2.45, 2.75) is 12.3 Å². The first-order valence-electron chi connectivity index (χ1n) is 2.12. The van der Waals surface area contributed by atoms with Gasteiger partial charge in [0.05, 0.1) is 0 Å². The fourth-order valence-electron chi connectivity index (χ4n) is 0.203. The van der Waals surface area contributed by atoms with E-state index in [-0.39, 0.29) is 57.9 Å². The minimum atomic E-state index is -1.68. The smallest absolute Gasteiger partial charge is 0.539 e. The van der Waals surface area contributed by atoms with Gasteiger partial charge in [-0.15, -0.1) is 0 Å². The summed E-state index contributed by atoms with van der Waals surface area (Å²) in [5, 5.41) is 8.25. The molecule has 0 aliphatic heterocycles. The standard InChI is InChI=1S/C4H7FNO2.K/c5-3(1-6)4(8)2-7;/h3-4,8H,1,6H2;/q-1;+1. The second kappa shape index (κ2) is 7.27. The van der Waals surface area contributed by atoms with Crippen LogP contribution in [0.1, 0.15) is 0 Å². The molecule has 3 N–H and O–H groups in total. The van der Waals surface area contributed by atoms with Crippen molar-refractivity contribution in [3.63, 3.8) is 0 Å². The third-order valence-corrected chi connectivity index (χ3v) is 0.689. The number of carbonyl (C=O) groups excluding carboxylic acids is 1. The Morgan fingerprint density at radius 2 is 2.22 bits per heavy atom. The second-order valence-electron chi connectivity index (χ2n) is 1.31. The van der Waals surface area contributed by atoms with Gasteiger partial charge < -0.3 is 15.6 Å². The van der Waals surface area contributed by atoms with Crippen molar-refractivity contribution in [2.24, 2.45) is 5.73 Å². The van der Waals surface area contributed by atoms with Crippen LogP contribution in [-0.2, 0) is 4.79 Å². The van der Waals surface area contributed by atoms with Gasteiger partial charge in [0.25, 0.3) is 0 Å². The zero-order chi connectivity index (χ0) is 6.57. The summed E-state index contributed by atoms with van der Waals surface area (Å²) < 4.78 is 11.9. The molecule has 5 heteroatoms. The topological polar surface area (TPSA) is 63.3 Å². The molecule has 2 atom stereocenters. The first kappa shape index (κ1) is 12.8. The summed E-state index contributed by atoms with van der Waals surface area (Å²) in [6.45, 7) is -0.351. The summed E-state index contributed by atoms with van der Waals surface area (Å²) in [7, 11) is 0. The molecule has 48 valence electrons. The van der Waals surface area contributed by atoms with Crippen molar-refractivity contribution in [2.75, 3.05) is 6.54 Å². The first-order valence-corrected chi connectivity index (χ1v) is 2.12. The molecule has 0 aliphatic carbocycles. The van der Waals surface area contributed by atoms with Gasteiger partial charge in [0.15, 0.2) is 0 Å². The summed E-state index contributed by atoms with van der Waals surface area (Å²) in [4.78, 5) is 9.43. The number of aliphatic hydroxyl groups is 1. The van der Waals surface area contributed by atoms with E-state index in [4.69, 9.17) is 10.8 Å². The minimum absolute atomic E-state index is 0. The summed E-state index contributed by atoms with van der Waals surface area (Å²) in [5.41, 5.74) is 4.73. The van der Waals surface area contributed by atoms with Crippen molar-refractivity contribution >= 4 is 6.29 Å². The SMILES string of the molecule is NCC(F)C(O)[C-]=O.[K+]. The molecule has 0 aromatic carbocycles. The Labute approximate surface area is 95.2 Å². The van der Waals surface area contributed by atoms with Crippen LogP contribution in [0.2, 0.25) is 0 Å². The van der Waals surface area contributed by atoms with E-state index in [2.05, 4.69) is 0 Å². The predicted octanol–water partition coefficient (Wildman–Crippen LogP) is -4.24. The van der Waals surface area contributed by atoms with Crippen LogP contribution in [0.5, 0.6) is 0 Å². The molecule has 0 spiro atoms. The fraction of sp³-hybridized carbons (Fsp3) is 0.750. The van der Waals surface area contributed by atoms with Crippen molar-refractivity contribution in [1.82, 2.24) is 0 Å². The molecule has 0 amide bonds. The van der Waals surface area contributed by atoms with Crippen LogP contribution in [0.15, 0.2) is 0 Å². The third kappa shape index (κ3) is 5.59. The summed E-state index contributed by atoms with van der Waals surface area (Å²) >= 11 is 0. The number of rotatable bonds is 3. The molecule has 0 rings (SSSR count). The van der Waals surface area contributed by atoms with E-state index in [1.165, 1.54) is 0 Å². The first-order chi connectivity index (χ1) is 3.72. The largest absolute Gasteiger partial charge is 1.00 e. The van der Waals surface area contributed by atoms with Crippen molar-refractivity contribution < 1.29 is 65.7 Å². The molecule has 0 saturated carbocycles. The molecule has 0 saturated heterocycles. The van der Waals surface area contributed by atoms with E-state index in [1.807, 2.05) is 0 Å². The van der Waals surface area contributed by atoms with E-state index in [0.29, 0.717) is 0 Å². The molecular formula is C4H7FKNO2. The van der Waals surface area contributed by atoms with E-state index in [9.17, 15) is 9.18 Å². The van der Waals surface area contributed by atoms with E-state index < -0.39 is 12.3 Å². The minimum Gasteiger partial charge on any atom is -0.539 e. The van der Waals surface area contributed by atoms with E-state index >= 15 is 0 Å². The number of hydrogen-bond acceptors (Lipinski definition) is 3. The van der Waals surface area contributed by atoms with Gasteiger partial charge in [-0.25, -0.2) is 10.7 Å². The molecular weight excluding hydrogens is 152 g/mol. The van der Waals surface area contributed by atoms with Crippen LogP contribution < -0.4 is 57.1 Å². The molecule has 2 unspecified atom stereocenters. The van der Waals surface area contributed by atoms with Crippen molar-refractivity contribution in [3.8, 4) is 0 Å². The zero-order valence-corrected chi connectivity index (χ0v) is 8.30. The molecule has 0 aliphatic rings. The van der Waals surface area contributed by atoms with Crippen LogP contribution in [0.4, 0.5) is 4.39 Å². The van der Waals surface area contributed by atoms with Gasteiger partial charge in [-0.05, 0) is 6.10 Å². The Hall–Kier alpha value is 1.16. The van der Waals surface area contributed by atoms with Gasteiger partial charge in [-0.1, -0.05) is 0 Å². The maximum absolute atomic E-state index is 11.9. The van der Waals surface area contributed by atoms with E-state index in [1.54, 1.807) is 0 Å². The Morgan fingerprint density at radius 1 is 1.78 bits per heavy atom. The third-order valence-electron chi connectivity index (χ3n) is 0.689. The normalized spacial score (nSPS) is 15.4. The average molecular weight is 159 g/mol.